The maximum absolute atomic E-state index is 6.20. The molecule has 2 unspecified atom stereocenters. The van der Waals surface area contributed by atoms with E-state index in [1.165, 1.54) is 17.3 Å². The average molecular weight is 226 g/mol. The van der Waals surface area contributed by atoms with E-state index in [0.29, 0.717) is 5.25 Å². The van der Waals surface area contributed by atoms with Crippen LogP contribution in [-0.2, 0) is 0 Å². The fraction of sp³-hybridized carbons (Fsp3) is 0.500. The number of aromatic nitrogens is 1. The Morgan fingerprint density at radius 2 is 2.43 bits per heavy atom. The highest BCUT2D eigenvalue weighted by Gasteiger charge is 2.22. The van der Waals surface area contributed by atoms with E-state index >= 15 is 0 Å². The predicted octanol–water partition coefficient (Wildman–Crippen LogP) is 1.93. The van der Waals surface area contributed by atoms with Gasteiger partial charge < -0.3 is 5.73 Å². The van der Waals surface area contributed by atoms with Gasteiger partial charge >= 0.3 is 0 Å². The van der Waals surface area contributed by atoms with Gasteiger partial charge in [0.1, 0.15) is 0 Å². The third kappa shape index (κ3) is 2.43. The Morgan fingerprint density at radius 1 is 1.50 bits per heavy atom. The predicted molar refractivity (Wildman–Crippen MR) is 64.7 cm³/mol. The smallest absolute Gasteiger partial charge is 0.0438 e. The second-order valence-corrected chi connectivity index (χ2v) is 5.79. The molecular formula is C10H14N2S2. The molecule has 0 amide bonds. The van der Waals surface area contributed by atoms with E-state index in [1.54, 1.807) is 6.20 Å². The molecule has 2 heterocycles. The Labute approximate surface area is 93.1 Å². The number of rotatable bonds is 2. The number of thioether (sulfide) groups is 2. The lowest BCUT2D eigenvalue weighted by Gasteiger charge is -2.26. The number of nitrogens with two attached hydrogens (primary N) is 1. The van der Waals surface area contributed by atoms with Gasteiger partial charge in [-0.25, -0.2) is 0 Å². The summed E-state index contributed by atoms with van der Waals surface area (Å²) in [6.07, 6.45) is 3.67. The molecule has 1 aliphatic rings. The Balaban J connectivity index is 2.03. The molecule has 4 heteroatoms. The molecular weight excluding hydrogens is 212 g/mol. The summed E-state index contributed by atoms with van der Waals surface area (Å²) < 4.78 is 0. The zero-order chi connectivity index (χ0) is 9.80. The molecule has 0 spiro atoms. The molecule has 14 heavy (non-hydrogen) atoms. The van der Waals surface area contributed by atoms with Gasteiger partial charge in [0.2, 0.25) is 0 Å². The monoisotopic (exact) mass is 226 g/mol. The van der Waals surface area contributed by atoms with Crippen LogP contribution < -0.4 is 5.73 Å². The van der Waals surface area contributed by atoms with Gasteiger partial charge in [-0.1, -0.05) is 6.07 Å². The van der Waals surface area contributed by atoms with Crippen LogP contribution in [-0.4, -0.2) is 27.5 Å². The molecule has 2 atom stereocenters. The molecule has 2 nitrogen and oxygen atoms in total. The van der Waals surface area contributed by atoms with Crippen molar-refractivity contribution in [3.05, 3.63) is 30.1 Å². The van der Waals surface area contributed by atoms with E-state index < -0.39 is 0 Å². The Morgan fingerprint density at radius 3 is 3.07 bits per heavy atom. The van der Waals surface area contributed by atoms with E-state index in [-0.39, 0.29) is 6.04 Å². The van der Waals surface area contributed by atoms with Crippen molar-refractivity contribution in [1.29, 1.82) is 0 Å². The van der Waals surface area contributed by atoms with Gasteiger partial charge in [-0.3, -0.25) is 4.98 Å². The molecule has 1 fully saturated rings. The van der Waals surface area contributed by atoms with E-state index in [1.807, 2.05) is 35.8 Å². The van der Waals surface area contributed by atoms with E-state index in [0.717, 1.165) is 5.56 Å². The molecule has 0 aliphatic carbocycles. The summed E-state index contributed by atoms with van der Waals surface area (Å²) in [6.45, 7) is 0. The first-order valence-electron chi connectivity index (χ1n) is 4.73. The first-order chi connectivity index (χ1) is 6.88. The number of pyridine rings is 1. The average Bonchev–Trinajstić information content (AvgIpc) is 2.30. The lowest BCUT2D eigenvalue weighted by atomic mass is 10.1. The summed E-state index contributed by atoms with van der Waals surface area (Å²) in [7, 11) is 0. The van der Waals surface area contributed by atoms with E-state index in [4.69, 9.17) is 5.73 Å². The highest BCUT2D eigenvalue weighted by molar-refractivity contribution is 8.06. The van der Waals surface area contributed by atoms with Crippen molar-refractivity contribution in [2.24, 2.45) is 5.73 Å². The third-order valence-corrected chi connectivity index (χ3v) is 5.20. The fourth-order valence-corrected chi connectivity index (χ4v) is 4.30. The zero-order valence-electron chi connectivity index (χ0n) is 7.93. The van der Waals surface area contributed by atoms with Crippen LogP contribution in [0.1, 0.15) is 11.6 Å². The molecule has 1 saturated heterocycles. The van der Waals surface area contributed by atoms with Crippen LogP contribution in [0.3, 0.4) is 0 Å². The highest BCUT2D eigenvalue weighted by atomic mass is 32.2. The van der Waals surface area contributed by atoms with Crippen LogP contribution in [0.4, 0.5) is 0 Å². The summed E-state index contributed by atoms with van der Waals surface area (Å²) in [4.78, 5) is 4.10. The summed E-state index contributed by atoms with van der Waals surface area (Å²) >= 11 is 4.00. The Kier molecular flexibility index (Phi) is 3.73. The van der Waals surface area contributed by atoms with Crippen LogP contribution >= 0.6 is 23.5 Å². The molecule has 0 saturated carbocycles. The lowest BCUT2D eigenvalue weighted by molar-refractivity contribution is 0.716. The van der Waals surface area contributed by atoms with Crippen molar-refractivity contribution >= 4 is 23.5 Å². The quantitative estimate of drug-likeness (QED) is 0.836. The van der Waals surface area contributed by atoms with Crippen LogP contribution in [0, 0.1) is 0 Å². The van der Waals surface area contributed by atoms with Crippen LogP contribution in [0.15, 0.2) is 24.5 Å². The minimum Gasteiger partial charge on any atom is -0.323 e. The number of nitrogens with zero attached hydrogens (tertiary/aromatic N) is 1. The normalized spacial score (nSPS) is 24.5. The van der Waals surface area contributed by atoms with Gasteiger partial charge in [-0.2, -0.15) is 23.5 Å². The number of hydrogen-bond acceptors (Lipinski definition) is 4. The van der Waals surface area contributed by atoms with Gasteiger partial charge in [0.25, 0.3) is 0 Å². The summed E-state index contributed by atoms with van der Waals surface area (Å²) in [5, 5.41) is 0.554. The summed E-state index contributed by atoms with van der Waals surface area (Å²) in [5.74, 6) is 3.66. The third-order valence-electron chi connectivity index (χ3n) is 2.31. The van der Waals surface area contributed by atoms with Crippen molar-refractivity contribution in [1.82, 2.24) is 4.98 Å². The minimum atomic E-state index is 0.140. The van der Waals surface area contributed by atoms with Crippen molar-refractivity contribution in [3.8, 4) is 0 Å². The van der Waals surface area contributed by atoms with Gasteiger partial charge in [-0.15, -0.1) is 0 Å². The number of hydrogen-bond donors (Lipinski definition) is 1. The van der Waals surface area contributed by atoms with E-state index in [2.05, 4.69) is 11.1 Å². The van der Waals surface area contributed by atoms with Gasteiger partial charge in [0.05, 0.1) is 0 Å². The topological polar surface area (TPSA) is 38.9 Å². The van der Waals surface area contributed by atoms with Crippen molar-refractivity contribution in [3.63, 3.8) is 0 Å². The molecule has 76 valence electrons. The molecule has 0 aromatic carbocycles. The first kappa shape index (κ1) is 10.3. The second kappa shape index (κ2) is 5.05. The highest BCUT2D eigenvalue weighted by Crippen LogP contribution is 2.31. The molecule has 2 N–H and O–H groups in total. The molecule has 1 aromatic rings. The van der Waals surface area contributed by atoms with Crippen LogP contribution in [0.25, 0.3) is 0 Å². The molecule has 0 bridgehead atoms. The van der Waals surface area contributed by atoms with Crippen LogP contribution in [0.5, 0.6) is 0 Å². The fourth-order valence-electron chi connectivity index (χ4n) is 1.50. The summed E-state index contributed by atoms with van der Waals surface area (Å²) in [5.41, 5.74) is 7.36. The first-order valence-corrected chi connectivity index (χ1v) is 6.93. The van der Waals surface area contributed by atoms with E-state index in [9.17, 15) is 0 Å². The molecule has 1 aromatic heterocycles. The standard InChI is InChI=1S/C10H14N2S2/c11-10(8-2-1-3-12-6-8)9-7-13-4-5-14-9/h1-3,6,9-10H,4-5,7,11H2. The van der Waals surface area contributed by atoms with Crippen molar-refractivity contribution < 1.29 is 0 Å². The van der Waals surface area contributed by atoms with Gasteiger partial charge in [0, 0.05) is 40.9 Å². The summed E-state index contributed by atoms with van der Waals surface area (Å²) in [6, 6.07) is 4.16. The lowest BCUT2D eigenvalue weighted by Crippen LogP contribution is -2.28. The minimum absolute atomic E-state index is 0.140. The second-order valence-electron chi connectivity index (χ2n) is 3.30. The van der Waals surface area contributed by atoms with Crippen molar-refractivity contribution in [2.45, 2.75) is 11.3 Å². The molecule has 0 radical (unpaired) electrons. The maximum Gasteiger partial charge on any atom is 0.0438 e. The maximum atomic E-state index is 6.20. The molecule has 1 aliphatic heterocycles. The Bertz CT molecular complexity index is 273. The van der Waals surface area contributed by atoms with Crippen LogP contribution in [0.2, 0.25) is 0 Å². The molecule has 2 rings (SSSR count). The SMILES string of the molecule is NC(c1cccnc1)C1CSCCS1. The van der Waals surface area contributed by atoms with Gasteiger partial charge in [-0.05, 0) is 11.6 Å². The largest absolute Gasteiger partial charge is 0.323 e. The van der Waals surface area contributed by atoms with Crippen molar-refractivity contribution in [2.75, 3.05) is 17.3 Å². The zero-order valence-corrected chi connectivity index (χ0v) is 9.56. The van der Waals surface area contributed by atoms with Gasteiger partial charge in [0.15, 0.2) is 0 Å². The Hall–Kier alpha value is -0.190.